The molecule has 1 aromatic carbocycles. The fourth-order valence-electron chi connectivity index (χ4n) is 2.71. The number of nitrogens with one attached hydrogen (secondary N) is 2. The first-order chi connectivity index (χ1) is 12.3. The van der Waals surface area contributed by atoms with Crippen LogP contribution in [0.4, 0.5) is 23.7 Å². The predicted molar refractivity (Wildman–Crippen MR) is 88.4 cm³/mol. The van der Waals surface area contributed by atoms with Crippen LogP contribution in [0.2, 0.25) is 0 Å². The molecule has 7 nitrogen and oxygen atoms in total. The summed E-state index contributed by atoms with van der Waals surface area (Å²) in [7, 11) is 0. The van der Waals surface area contributed by atoms with Crippen LogP contribution in [0.25, 0.3) is 0 Å². The van der Waals surface area contributed by atoms with Gasteiger partial charge in [0, 0.05) is 31.9 Å². The quantitative estimate of drug-likeness (QED) is 0.873. The molecule has 1 saturated heterocycles. The van der Waals surface area contributed by atoms with Gasteiger partial charge in [0.1, 0.15) is 5.82 Å². The highest BCUT2D eigenvalue weighted by Gasteiger charge is 2.30. The van der Waals surface area contributed by atoms with Gasteiger partial charge in [-0.1, -0.05) is 0 Å². The molecule has 0 atom stereocenters. The van der Waals surface area contributed by atoms with Crippen LogP contribution in [-0.2, 0) is 12.7 Å². The Morgan fingerprint density at radius 1 is 1.19 bits per heavy atom. The van der Waals surface area contributed by atoms with Crippen LogP contribution in [0.15, 0.2) is 24.3 Å². The van der Waals surface area contributed by atoms with Crippen molar-refractivity contribution in [2.24, 2.45) is 0 Å². The largest absolute Gasteiger partial charge is 0.416 e. The van der Waals surface area contributed by atoms with Gasteiger partial charge >= 0.3 is 12.2 Å². The lowest BCUT2D eigenvalue weighted by Gasteiger charge is -2.34. The van der Waals surface area contributed by atoms with Crippen LogP contribution in [-0.4, -0.2) is 57.2 Å². The topological polar surface area (TPSA) is 77.2 Å². The molecular weight excluding hydrogens is 349 g/mol. The fraction of sp³-hybridized carbons (Fsp3) is 0.438. The van der Waals surface area contributed by atoms with E-state index in [1.54, 1.807) is 4.90 Å². The SMILES string of the molecule is Cc1nc(CN2CCN(C(=O)Nc3ccc(C(F)(F)F)cc3)CC2)n[nH]1. The summed E-state index contributed by atoms with van der Waals surface area (Å²) in [5.74, 6) is 1.47. The summed E-state index contributed by atoms with van der Waals surface area (Å²) in [4.78, 5) is 20.3. The van der Waals surface area contributed by atoms with Gasteiger partial charge < -0.3 is 10.2 Å². The zero-order valence-electron chi connectivity index (χ0n) is 14.2. The third kappa shape index (κ3) is 4.51. The second-order valence-electron chi connectivity index (χ2n) is 6.11. The van der Waals surface area contributed by atoms with E-state index >= 15 is 0 Å². The molecule has 26 heavy (non-hydrogen) atoms. The molecule has 2 N–H and O–H groups in total. The highest BCUT2D eigenvalue weighted by molar-refractivity contribution is 5.89. The Hall–Kier alpha value is -2.62. The monoisotopic (exact) mass is 368 g/mol. The number of hydrogen-bond acceptors (Lipinski definition) is 4. The van der Waals surface area contributed by atoms with Crippen LogP contribution in [0.3, 0.4) is 0 Å². The van der Waals surface area contributed by atoms with Crippen molar-refractivity contribution in [1.29, 1.82) is 0 Å². The maximum atomic E-state index is 12.6. The van der Waals surface area contributed by atoms with Gasteiger partial charge in [0.15, 0.2) is 5.82 Å². The summed E-state index contributed by atoms with van der Waals surface area (Å²) in [6.45, 7) is 4.84. The first-order valence-electron chi connectivity index (χ1n) is 8.15. The van der Waals surface area contributed by atoms with E-state index in [0.29, 0.717) is 44.2 Å². The number of aryl methyl sites for hydroxylation is 1. The van der Waals surface area contributed by atoms with E-state index in [0.717, 1.165) is 18.0 Å². The highest BCUT2D eigenvalue weighted by Crippen LogP contribution is 2.29. The minimum Gasteiger partial charge on any atom is -0.322 e. The van der Waals surface area contributed by atoms with Gasteiger partial charge in [-0.05, 0) is 31.2 Å². The van der Waals surface area contributed by atoms with Crippen LogP contribution in [0.1, 0.15) is 17.2 Å². The van der Waals surface area contributed by atoms with Crippen molar-refractivity contribution in [3.05, 3.63) is 41.5 Å². The van der Waals surface area contributed by atoms with E-state index < -0.39 is 11.7 Å². The van der Waals surface area contributed by atoms with Crippen molar-refractivity contribution < 1.29 is 18.0 Å². The molecular formula is C16H19F3N6O. The number of halogens is 3. The molecule has 1 aromatic heterocycles. The third-order valence-corrected chi connectivity index (χ3v) is 4.13. The number of carbonyl (C=O) groups excluding carboxylic acids is 1. The number of aromatic amines is 1. The minimum atomic E-state index is -4.39. The maximum Gasteiger partial charge on any atom is 0.416 e. The van der Waals surface area contributed by atoms with Gasteiger partial charge in [-0.2, -0.15) is 18.3 Å². The van der Waals surface area contributed by atoms with Gasteiger partial charge in [0.25, 0.3) is 0 Å². The second kappa shape index (κ2) is 7.32. The number of piperazine rings is 1. The van der Waals surface area contributed by atoms with Crippen LogP contribution < -0.4 is 5.32 Å². The van der Waals surface area contributed by atoms with Crippen molar-refractivity contribution in [2.45, 2.75) is 19.6 Å². The molecule has 140 valence electrons. The second-order valence-corrected chi connectivity index (χ2v) is 6.11. The van der Waals surface area contributed by atoms with Gasteiger partial charge in [-0.25, -0.2) is 9.78 Å². The van der Waals surface area contributed by atoms with Crippen LogP contribution >= 0.6 is 0 Å². The highest BCUT2D eigenvalue weighted by atomic mass is 19.4. The number of carbonyl (C=O) groups is 1. The summed E-state index contributed by atoms with van der Waals surface area (Å²) in [6, 6.07) is 4.09. The average molecular weight is 368 g/mol. The number of hydrogen-bond donors (Lipinski definition) is 2. The summed E-state index contributed by atoms with van der Waals surface area (Å²) in [5.41, 5.74) is -0.409. The average Bonchev–Trinajstić information content (AvgIpc) is 3.00. The number of aromatic nitrogens is 3. The molecule has 0 radical (unpaired) electrons. The lowest BCUT2D eigenvalue weighted by molar-refractivity contribution is -0.137. The number of rotatable bonds is 3. The predicted octanol–water partition coefficient (Wildman–Crippen LogP) is 2.48. The lowest BCUT2D eigenvalue weighted by atomic mass is 10.2. The molecule has 0 bridgehead atoms. The van der Waals surface area contributed by atoms with E-state index in [4.69, 9.17) is 0 Å². The van der Waals surface area contributed by atoms with Crippen molar-refractivity contribution in [2.75, 3.05) is 31.5 Å². The van der Waals surface area contributed by atoms with Crippen molar-refractivity contribution in [1.82, 2.24) is 25.0 Å². The molecule has 1 fully saturated rings. The van der Waals surface area contributed by atoms with Gasteiger partial charge in [-0.3, -0.25) is 10.00 Å². The Kier molecular flexibility index (Phi) is 5.12. The summed E-state index contributed by atoms with van der Waals surface area (Å²) < 4.78 is 37.7. The normalized spacial score (nSPS) is 15.9. The molecule has 2 heterocycles. The molecule has 1 aliphatic rings. The van der Waals surface area contributed by atoms with Crippen LogP contribution in [0, 0.1) is 6.92 Å². The van der Waals surface area contributed by atoms with Gasteiger partial charge in [0.2, 0.25) is 0 Å². The summed E-state index contributed by atoms with van der Waals surface area (Å²) in [6.07, 6.45) is -4.39. The minimum absolute atomic E-state index is 0.321. The molecule has 0 saturated carbocycles. The smallest absolute Gasteiger partial charge is 0.322 e. The van der Waals surface area contributed by atoms with Crippen LogP contribution in [0.5, 0.6) is 0 Å². The molecule has 2 aromatic rings. The number of urea groups is 1. The Morgan fingerprint density at radius 3 is 2.38 bits per heavy atom. The molecule has 2 amide bonds. The number of nitrogens with zero attached hydrogens (tertiary/aromatic N) is 4. The Morgan fingerprint density at radius 2 is 1.85 bits per heavy atom. The maximum absolute atomic E-state index is 12.6. The molecule has 0 aliphatic carbocycles. The van der Waals surface area contributed by atoms with Crippen molar-refractivity contribution >= 4 is 11.7 Å². The fourth-order valence-corrected chi connectivity index (χ4v) is 2.71. The number of amides is 2. The molecule has 1 aliphatic heterocycles. The van der Waals surface area contributed by atoms with Crippen molar-refractivity contribution in [3.8, 4) is 0 Å². The Balaban J connectivity index is 1.49. The zero-order valence-corrected chi connectivity index (χ0v) is 14.2. The Bertz CT molecular complexity index is 750. The van der Waals surface area contributed by atoms with E-state index in [-0.39, 0.29) is 6.03 Å². The standard InChI is InChI=1S/C16H19F3N6O/c1-11-20-14(23-22-11)10-24-6-8-25(9-7-24)15(26)21-13-4-2-12(3-5-13)16(17,18)19/h2-5H,6-10H2,1H3,(H,21,26)(H,20,22,23). The van der Waals surface area contributed by atoms with Gasteiger partial charge in [0.05, 0.1) is 12.1 Å². The first kappa shape index (κ1) is 18.2. The first-order valence-corrected chi connectivity index (χ1v) is 8.15. The van der Waals surface area contributed by atoms with Gasteiger partial charge in [-0.15, -0.1) is 0 Å². The molecule has 0 spiro atoms. The summed E-state index contributed by atoms with van der Waals surface area (Å²) >= 11 is 0. The summed E-state index contributed by atoms with van der Waals surface area (Å²) in [5, 5.41) is 9.52. The number of alkyl halides is 3. The zero-order chi connectivity index (χ0) is 18.7. The van der Waals surface area contributed by atoms with E-state index in [9.17, 15) is 18.0 Å². The van der Waals surface area contributed by atoms with Crippen molar-refractivity contribution in [3.63, 3.8) is 0 Å². The third-order valence-electron chi connectivity index (χ3n) is 4.13. The lowest BCUT2D eigenvalue weighted by Crippen LogP contribution is -2.49. The molecule has 10 heteroatoms. The van der Waals surface area contributed by atoms with E-state index in [1.807, 2.05) is 6.92 Å². The number of H-pyrrole nitrogens is 1. The van der Waals surface area contributed by atoms with E-state index in [1.165, 1.54) is 12.1 Å². The molecule has 3 rings (SSSR count). The molecule has 0 unspecified atom stereocenters. The van der Waals surface area contributed by atoms with E-state index in [2.05, 4.69) is 25.4 Å². The number of benzene rings is 1. The number of anilines is 1. The Labute approximate surface area is 148 Å².